The minimum absolute atomic E-state index is 0.124. The normalized spacial score (nSPS) is 18.0. The number of non-ortho nitro benzene ring substituents is 1. The summed E-state index contributed by atoms with van der Waals surface area (Å²) in [6.45, 7) is 5.77. The zero-order chi connectivity index (χ0) is 22.3. The third-order valence-corrected chi connectivity index (χ3v) is 5.04. The number of carbonyl (C=O) groups excluding carboxylic acids is 3. The highest BCUT2D eigenvalue weighted by Crippen LogP contribution is 2.24. The molecule has 1 aliphatic rings. The summed E-state index contributed by atoms with van der Waals surface area (Å²) in [5.41, 5.74) is 0.0426. The second kappa shape index (κ2) is 10.5. The molecule has 2 atom stereocenters. The number of rotatable bonds is 9. The summed E-state index contributed by atoms with van der Waals surface area (Å²) in [6.07, 6.45) is 4.06. The van der Waals surface area contributed by atoms with E-state index in [0.717, 1.165) is 19.3 Å². The molecule has 1 fully saturated rings. The van der Waals surface area contributed by atoms with Gasteiger partial charge >= 0.3 is 12.0 Å². The van der Waals surface area contributed by atoms with Crippen LogP contribution in [0.15, 0.2) is 36.9 Å². The van der Waals surface area contributed by atoms with Gasteiger partial charge in [-0.15, -0.1) is 6.58 Å². The highest BCUT2D eigenvalue weighted by atomic mass is 16.6. The maximum Gasteiger partial charge on any atom is 0.338 e. The SMILES string of the molecule is C=CCCCCN(C)C(=O)N1CC(OC(=O)c2ccc([N+](=O)[O-])cc2)CC1C(C)=O. The number of allylic oxidation sites excluding steroid dienone is 1. The second-order valence-corrected chi connectivity index (χ2v) is 7.33. The van der Waals surface area contributed by atoms with Crippen LogP contribution in [-0.2, 0) is 9.53 Å². The van der Waals surface area contributed by atoms with Gasteiger partial charge in [-0.2, -0.15) is 0 Å². The Labute approximate surface area is 175 Å². The molecule has 1 heterocycles. The van der Waals surface area contributed by atoms with E-state index in [-0.39, 0.29) is 36.0 Å². The van der Waals surface area contributed by atoms with Crippen molar-refractivity contribution < 1.29 is 24.0 Å². The molecule has 0 radical (unpaired) electrons. The molecule has 0 aliphatic carbocycles. The fourth-order valence-corrected chi connectivity index (χ4v) is 3.37. The van der Waals surface area contributed by atoms with Crippen LogP contribution in [0.25, 0.3) is 0 Å². The number of esters is 1. The third kappa shape index (κ3) is 5.88. The van der Waals surface area contributed by atoms with Crippen LogP contribution in [0.1, 0.15) is 43.0 Å². The van der Waals surface area contributed by atoms with E-state index < -0.39 is 23.0 Å². The summed E-state index contributed by atoms with van der Waals surface area (Å²) >= 11 is 0. The molecule has 0 spiro atoms. The van der Waals surface area contributed by atoms with E-state index in [1.54, 1.807) is 11.9 Å². The second-order valence-electron chi connectivity index (χ2n) is 7.33. The first kappa shape index (κ1) is 23.1. The first-order chi connectivity index (χ1) is 14.2. The van der Waals surface area contributed by atoms with Gasteiger partial charge in [0.2, 0.25) is 0 Å². The van der Waals surface area contributed by atoms with Gasteiger partial charge in [-0.05, 0) is 38.3 Å². The number of hydrogen-bond donors (Lipinski definition) is 0. The maximum atomic E-state index is 12.8. The summed E-state index contributed by atoms with van der Waals surface area (Å²) in [6, 6.07) is 4.16. The number of ketones is 1. The first-order valence-electron chi connectivity index (χ1n) is 9.83. The summed E-state index contributed by atoms with van der Waals surface area (Å²) in [7, 11) is 1.68. The molecule has 2 unspecified atom stereocenters. The quantitative estimate of drug-likeness (QED) is 0.201. The van der Waals surface area contributed by atoms with Crippen LogP contribution in [-0.4, -0.2) is 64.8 Å². The van der Waals surface area contributed by atoms with Crippen LogP contribution in [0, 0.1) is 10.1 Å². The lowest BCUT2D eigenvalue weighted by Crippen LogP contribution is -2.46. The van der Waals surface area contributed by atoms with Crippen LogP contribution in [0.4, 0.5) is 10.5 Å². The van der Waals surface area contributed by atoms with Crippen LogP contribution >= 0.6 is 0 Å². The Balaban J connectivity index is 1.99. The van der Waals surface area contributed by atoms with Gasteiger partial charge in [0.15, 0.2) is 5.78 Å². The standard InChI is InChI=1S/C21H27N3O6/c1-4-5-6-7-12-22(3)21(27)23-14-18(13-19(23)15(2)25)30-20(26)16-8-10-17(11-9-16)24(28)29/h4,8-11,18-19H,1,5-7,12-14H2,2-3H3. The molecule has 30 heavy (non-hydrogen) atoms. The lowest BCUT2D eigenvalue weighted by atomic mass is 10.1. The number of unbranched alkanes of at least 4 members (excludes halogenated alkanes) is 2. The molecule has 1 aliphatic heterocycles. The first-order valence-corrected chi connectivity index (χ1v) is 9.83. The lowest BCUT2D eigenvalue weighted by Gasteiger charge is -2.28. The van der Waals surface area contributed by atoms with Crippen molar-refractivity contribution in [3.8, 4) is 0 Å². The van der Waals surface area contributed by atoms with Crippen LogP contribution in [0.2, 0.25) is 0 Å². The molecule has 1 saturated heterocycles. The van der Waals surface area contributed by atoms with Crippen molar-refractivity contribution in [1.82, 2.24) is 9.80 Å². The Bertz CT molecular complexity index is 807. The maximum absolute atomic E-state index is 12.8. The van der Waals surface area contributed by atoms with Crippen molar-refractivity contribution in [1.29, 1.82) is 0 Å². The minimum Gasteiger partial charge on any atom is -0.457 e. The van der Waals surface area contributed by atoms with Gasteiger partial charge in [0.25, 0.3) is 5.69 Å². The molecule has 0 bridgehead atoms. The summed E-state index contributed by atoms with van der Waals surface area (Å²) in [5.74, 6) is -0.818. The van der Waals surface area contributed by atoms with Gasteiger partial charge in [0.05, 0.1) is 23.1 Å². The molecule has 0 N–H and O–H groups in total. The molecule has 0 saturated carbocycles. The van der Waals surface area contributed by atoms with Gasteiger partial charge in [-0.25, -0.2) is 9.59 Å². The van der Waals surface area contributed by atoms with Crippen LogP contribution in [0.3, 0.4) is 0 Å². The number of hydrogen-bond acceptors (Lipinski definition) is 6. The topological polar surface area (TPSA) is 110 Å². The average molecular weight is 417 g/mol. The molecule has 9 nitrogen and oxygen atoms in total. The number of nitro benzene ring substituents is 1. The summed E-state index contributed by atoms with van der Waals surface area (Å²) in [5, 5.41) is 10.7. The number of likely N-dealkylation sites (tertiary alicyclic amines) is 1. The van der Waals surface area contributed by atoms with Crippen molar-refractivity contribution in [3.05, 3.63) is 52.6 Å². The molecule has 9 heteroatoms. The molecule has 0 aromatic heterocycles. The van der Waals surface area contributed by atoms with E-state index in [0.29, 0.717) is 6.54 Å². The predicted octanol–water partition coefficient (Wildman–Crippen LogP) is 3.19. The molecule has 2 amide bonds. The van der Waals surface area contributed by atoms with Gasteiger partial charge in [-0.1, -0.05) is 6.08 Å². The monoisotopic (exact) mass is 417 g/mol. The molecule has 2 rings (SSSR count). The van der Waals surface area contributed by atoms with E-state index in [9.17, 15) is 24.5 Å². The Kier molecular flexibility index (Phi) is 8.08. The largest absolute Gasteiger partial charge is 0.457 e. The Hall–Kier alpha value is -3.23. The minimum atomic E-state index is -0.650. The zero-order valence-electron chi connectivity index (χ0n) is 17.3. The van der Waals surface area contributed by atoms with Gasteiger partial charge in [-0.3, -0.25) is 14.9 Å². The van der Waals surface area contributed by atoms with E-state index in [2.05, 4.69) is 6.58 Å². The molecule has 1 aromatic rings. The number of Topliss-reactive ketones (excluding diaryl/α,β-unsaturated/α-hetero) is 1. The number of carbonyl (C=O) groups is 3. The predicted molar refractivity (Wildman–Crippen MR) is 110 cm³/mol. The van der Waals surface area contributed by atoms with E-state index in [1.807, 2.05) is 6.08 Å². The number of amides is 2. The fourth-order valence-electron chi connectivity index (χ4n) is 3.37. The van der Waals surface area contributed by atoms with Crippen molar-refractivity contribution >= 4 is 23.5 Å². The van der Waals surface area contributed by atoms with E-state index >= 15 is 0 Å². The molecule has 162 valence electrons. The van der Waals surface area contributed by atoms with Crippen molar-refractivity contribution in [2.45, 2.75) is 44.8 Å². The highest BCUT2D eigenvalue weighted by Gasteiger charge is 2.40. The molecular weight excluding hydrogens is 390 g/mol. The third-order valence-electron chi connectivity index (χ3n) is 5.04. The summed E-state index contributed by atoms with van der Waals surface area (Å²) < 4.78 is 5.47. The van der Waals surface area contributed by atoms with Crippen LogP contribution in [0.5, 0.6) is 0 Å². The van der Waals surface area contributed by atoms with Crippen molar-refractivity contribution in [3.63, 3.8) is 0 Å². The Morgan fingerprint density at radius 1 is 1.30 bits per heavy atom. The van der Waals surface area contributed by atoms with Crippen molar-refractivity contribution in [2.75, 3.05) is 20.1 Å². The van der Waals surface area contributed by atoms with Crippen LogP contribution < -0.4 is 0 Å². The Morgan fingerprint density at radius 2 is 1.97 bits per heavy atom. The molecule has 1 aromatic carbocycles. The fraction of sp³-hybridized carbons (Fsp3) is 0.476. The Morgan fingerprint density at radius 3 is 2.53 bits per heavy atom. The van der Waals surface area contributed by atoms with Crippen molar-refractivity contribution in [2.24, 2.45) is 0 Å². The number of ether oxygens (including phenoxy) is 1. The molecular formula is C21H27N3O6. The zero-order valence-corrected chi connectivity index (χ0v) is 17.3. The van der Waals surface area contributed by atoms with E-state index in [4.69, 9.17) is 4.74 Å². The van der Waals surface area contributed by atoms with E-state index in [1.165, 1.54) is 36.1 Å². The number of nitrogens with zero attached hydrogens (tertiary/aromatic N) is 3. The number of benzene rings is 1. The van der Waals surface area contributed by atoms with Gasteiger partial charge in [0.1, 0.15) is 6.10 Å². The average Bonchev–Trinajstić information content (AvgIpc) is 3.14. The van der Waals surface area contributed by atoms with Gasteiger partial charge < -0.3 is 14.5 Å². The number of urea groups is 1. The smallest absolute Gasteiger partial charge is 0.338 e. The summed E-state index contributed by atoms with van der Waals surface area (Å²) in [4.78, 5) is 50.4. The van der Waals surface area contributed by atoms with Gasteiger partial charge in [0, 0.05) is 32.1 Å². The highest BCUT2D eigenvalue weighted by molar-refractivity contribution is 5.90. The number of nitro groups is 1. The lowest BCUT2D eigenvalue weighted by molar-refractivity contribution is -0.384.